The van der Waals surface area contributed by atoms with Gasteiger partial charge in [0, 0.05) is 6.54 Å². The van der Waals surface area contributed by atoms with Crippen LogP contribution in [-0.2, 0) is 0 Å². The second-order valence-electron chi connectivity index (χ2n) is 3.34. The van der Waals surface area contributed by atoms with Crippen molar-refractivity contribution in [1.29, 1.82) is 0 Å². The monoisotopic (exact) mass is 167 g/mol. The van der Waals surface area contributed by atoms with Crippen molar-refractivity contribution in [3.8, 4) is 0 Å². The maximum absolute atomic E-state index is 3.96. The normalized spacial score (nSPS) is 11.3. The molecule has 0 radical (unpaired) electrons. The van der Waals surface area contributed by atoms with Crippen molar-refractivity contribution in [2.45, 2.75) is 27.2 Å². The van der Waals surface area contributed by atoms with Gasteiger partial charge in [-0.1, -0.05) is 45.1 Å². The molecule has 0 aromatic carbocycles. The number of allylic oxidation sites excluding steroid dienone is 2. The predicted molar refractivity (Wildman–Crippen MR) is 56.3 cm³/mol. The third-order valence-electron chi connectivity index (χ3n) is 1.76. The molecule has 0 saturated heterocycles. The zero-order valence-corrected chi connectivity index (χ0v) is 8.56. The highest BCUT2D eigenvalue weighted by molar-refractivity contribution is 5.16. The van der Waals surface area contributed by atoms with Crippen LogP contribution in [0.2, 0.25) is 0 Å². The van der Waals surface area contributed by atoms with E-state index in [0.717, 1.165) is 13.1 Å². The largest absolute Gasteiger partial charge is 0.313 e. The van der Waals surface area contributed by atoms with Crippen LogP contribution >= 0.6 is 0 Å². The van der Waals surface area contributed by atoms with Gasteiger partial charge in [-0.25, -0.2) is 0 Å². The van der Waals surface area contributed by atoms with E-state index in [0.29, 0.717) is 5.92 Å². The van der Waals surface area contributed by atoms with Crippen molar-refractivity contribution < 1.29 is 0 Å². The summed E-state index contributed by atoms with van der Waals surface area (Å²) in [5, 5.41) is 3.30. The molecule has 12 heavy (non-hydrogen) atoms. The molecule has 1 nitrogen and oxygen atoms in total. The Labute approximate surface area is 76.6 Å². The van der Waals surface area contributed by atoms with E-state index >= 15 is 0 Å². The first-order valence-electron chi connectivity index (χ1n) is 4.74. The lowest BCUT2D eigenvalue weighted by Crippen LogP contribution is -2.13. The first kappa shape index (κ1) is 11.4. The SMILES string of the molecule is C=C(/C=C/CNCCC)C(C)C. The van der Waals surface area contributed by atoms with Gasteiger partial charge in [-0.05, 0) is 18.9 Å². The van der Waals surface area contributed by atoms with Crippen molar-refractivity contribution in [1.82, 2.24) is 5.32 Å². The van der Waals surface area contributed by atoms with Crippen molar-refractivity contribution in [3.05, 3.63) is 24.3 Å². The molecule has 70 valence electrons. The highest BCUT2D eigenvalue weighted by Crippen LogP contribution is 2.06. The molecule has 0 fully saturated rings. The highest BCUT2D eigenvalue weighted by Gasteiger charge is 1.92. The average molecular weight is 167 g/mol. The summed E-state index contributed by atoms with van der Waals surface area (Å²) in [6.45, 7) is 12.5. The Kier molecular flexibility index (Phi) is 6.78. The predicted octanol–water partition coefficient (Wildman–Crippen LogP) is 2.75. The van der Waals surface area contributed by atoms with Gasteiger partial charge in [0.25, 0.3) is 0 Å². The molecule has 0 saturated carbocycles. The molecule has 0 aliphatic carbocycles. The Morgan fingerprint density at radius 3 is 2.67 bits per heavy atom. The fourth-order valence-corrected chi connectivity index (χ4v) is 0.765. The van der Waals surface area contributed by atoms with Crippen LogP contribution in [0, 0.1) is 5.92 Å². The van der Waals surface area contributed by atoms with Crippen molar-refractivity contribution in [2.75, 3.05) is 13.1 Å². The third-order valence-corrected chi connectivity index (χ3v) is 1.76. The zero-order chi connectivity index (χ0) is 9.40. The summed E-state index contributed by atoms with van der Waals surface area (Å²) >= 11 is 0. The van der Waals surface area contributed by atoms with Gasteiger partial charge < -0.3 is 5.32 Å². The van der Waals surface area contributed by atoms with Crippen LogP contribution in [0.3, 0.4) is 0 Å². The average Bonchev–Trinajstić information content (AvgIpc) is 2.03. The van der Waals surface area contributed by atoms with Crippen LogP contribution in [0.25, 0.3) is 0 Å². The second kappa shape index (κ2) is 7.11. The third kappa shape index (κ3) is 6.17. The van der Waals surface area contributed by atoms with Crippen molar-refractivity contribution in [2.24, 2.45) is 5.92 Å². The maximum Gasteiger partial charge on any atom is 0.0138 e. The van der Waals surface area contributed by atoms with Gasteiger partial charge in [-0.15, -0.1) is 0 Å². The number of hydrogen-bond donors (Lipinski definition) is 1. The quantitative estimate of drug-likeness (QED) is 0.474. The van der Waals surface area contributed by atoms with E-state index in [1.54, 1.807) is 0 Å². The molecular formula is C11H21N. The van der Waals surface area contributed by atoms with Crippen LogP contribution in [-0.4, -0.2) is 13.1 Å². The first-order chi connectivity index (χ1) is 5.68. The molecular weight excluding hydrogens is 146 g/mol. The molecule has 0 aliphatic heterocycles. The Hall–Kier alpha value is -0.560. The van der Waals surface area contributed by atoms with Crippen LogP contribution in [0.1, 0.15) is 27.2 Å². The fourth-order valence-electron chi connectivity index (χ4n) is 0.765. The van der Waals surface area contributed by atoms with E-state index in [2.05, 4.69) is 44.8 Å². The maximum atomic E-state index is 3.96. The Morgan fingerprint density at radius 1 is 1.50 bits per heavy atom. The van der Waals surface area contributed by atoms with E-state index in [1.807, 2.05) is 0 Å². The number of rotatable bonds is 6. The summed E-state index contributed by atoms with van der Waals surface area (Å²) in [6, 6.07) is 0. The first-order valence-corrected chi connectivity index (χ1v) is 4.74. The topological polar surface area (TPSA) is 12.0 Å². The lowest BCUT2D eigenvalue weighted by Gasteiger charge is -2.02. The van der Waals surface area contributed by atoms with E-state index in [9.17, 15) is 0 Å². The minimum absolute atomic E-state index is 0.562. The Morgan fingerprint density at radius 2 is 2.17 bits per heavy atom. The lowest BCUT2D eigenvalue weighted by molar-refractivity contribution is 0.727. The van der Waals surface area contributed by atoms with E-state index in [1.165, 1.54) is 12.0 Å². The van der Waals surface area contributed by atoms with E-state index < -0.39 is 0 Å². The van der Waals surface area contributed by atoms with Gasteiger partial charge in [0.2, 0.25) is 0 Å². The summed E-state index contributed by atoms with van der Waals surface area (Å²) < 4.78 is 0. The smallest absolute Gasteiger partial charge is 0.0138 e. The molecule has 0 aromatic heterocycles. The standard InChI is InChI=1S/C11H21N/c1-5-8-12-9-6-7-11(4)10(2)3/h6-7,10,12H,4-5,8-9H2,1-3H3/b7-6+. The van der Waals surface area contributed by atoms with Crippen molar-refractivity contribution in [3.63, 3.8) is 0 Å². The van der Waals surface area contributed by atoms with E-state index in [-0.39, 0.29) is 0 Å². The molecule has 0 bridgehead atoms. The lowest BCUT2D eigenvalue weighted by atomic mass is 10.1. The van der Waals surface area contributed by atoms with Gasteiger partial charge in [-0.3, -0.25) is 0 Å². The van der Waals surface area contributed by atoms with Crippen LogP contribution in [0.5, 0.6) is 0 Å². The molecule has 0 heterocycles. The van der Waals surface area contributed by atoms with Gasteiger partial charge in [-0.2, -0.15) is 0 Å². The van der Waals surface area contributed by atoms with Gasteiger partial charge in [0.1, 0.15) is 0 Å². The van der Waals surface area contributed by atoms with Crippen molar-refractivity contribution >= 4 is 0 Å². The van der Waals surface area contributed by atoms with Crippen LogP contribution in [0.15, 0.2) is 24.3 Å². The minimum Gasteiger partial charge on any atom is -0.313 e. The number of nitrogens with one attached hydrogen (secondary N) is 1. The van der Waals surface area contributed by atoms with Gasteiger partial charge >= 0.3 is 0 Å². The molecule has 0 aliphatic rings. The van der Waals surface area contributed by atoms with Crippen LogP contribution in [0.4, 0.5) is 0 Å². The highest BCUT2D eigenvalue weighted by atomic mass is 14.8. The Balaban J connectivity index is 3.42. The van der Waals surface area contributed by atoms with Gasteiger partial charge in [0.15, 0.2) is 0 Å². The minimum atomic E-state index is 0.562. The zero-order valence-electron chi connectivity index (χ0n) is 8.56. The molecule has 0 unspecified atom stereocenters. The molecule has 1 N–H and O–H groups in total. The Bertz CT molecular complexity index is 145. The molecule has 0 spiro atoms. The number of hydrogen-bond acceptors (Lipinski definition) is 1. The van der Waals surface area contributed by atoms with Crippen LogP contribution < -0.4 is 5.32 Å². The summed E-state index contributed by atoms with van der Waals surface area (Å²) in [7, 11) is 0. The molecule has 0 rings (SSSR count). The molecule has 0 atom stereocenters. The van der Waals surface area contributed by atoms with E-state index in [4.69, 9.17) is 0 Å². The summed E-state index contributed by atoms with van der Waals surface area (Å²) in [5.74, 6) is 0.562. The second-order valence-corrected chi connectivity index (χ2v) is 3.34. The molecule has 1 heteroatoms. The van der Waals surface area contributed by atoms with Gasteiger partial charge in [0.05, 0.1) is 0 Å². The molecule has 0 amide bonds. The summed E-state index contributed by atoms with van der Waals surface area (Å²) in [5.41, 5.74) is 1.20. The summed E-state index contributed by atoms with van der Waals surface area (Å²) in [6.07, 6.45) is 5.43. The summed E-state index contributed by atoms with van der Waals surface area (Å²) in [4.78, 5) is 0. The molecule has 0 aromatic rings. The fraction of sp³-hybridized carbons (Fsp3) is 0.636.